The number of methoxy groups -OCH3 is 1. The van der Waals surface area contributed by atoms with E-state index in [0.717, 1.165) is 0 Å². The van der Waals surface area contributed by atoms with Crippen LogP contribution in [0.15, 0.2) is 34.9 Å². The van der Waals surface area contributed by atoms with E-state index in [0.29, 0.717) is 29.4 Å². The maximum absolute atomic E-state index is 12.0. The maximum Gasteiger partial charge on any atom is 0.255 e. The highest BCUT2D eigenvalue weighted by atomic mass is 16.5. The summed E-state index contributed by atoms with van der Waals surface area (Å²) in [5.74, 6) is 0.927. The van der Waals surface area contributed by atoms with Crippen molar-refractivity contribution in [1.29, 1.82) is 0 Å². The first-order valence-electron chi connectivity index (χ1n) is 5.53. The van der Waals surface area contributed by atoms with Gasteiger partial charge in [0.15, 0.2) is 5.89 Å². The molecule has 0 spiro atoms. The van der Waals surface area contributed by atoms with Gasteiger partial charge in [0.25, 0.3) is 5.91 Å². The van der Waals surface area contributed by atoms with E-state index in [9.17, 15) is 4.79 Å². The van der Waals surface area contributed by atoms with Crippen LogP contribution in [0.4, 0.5) is 0 Å². The molecular formula is C13H14N2O3. The molecule has 1 N–H and O–H groups in total. The SMILES string of the molecule is COc1ccccc1C(=O)NCc1coc(C)n1. The molecule has 94 valence electrons. The molecule has 2 rings (SSSR count). The number of carbonyl (C=O) groups excluding carboxylic acids is 1. The monoisotopic (exact) mass is 246 g/mol. The first-order valence-corrected chi connectivity index (χ1v) is 5.53. The molecule has 1 heterocycles. The molecular weight excluding hydrogens is 232 g/mol. The number of aromatic nitrogens is 1. The molecule has 1 aromatic carbocycles. The standard InChI is InChI=1S/C13H14N2O3/c1-9-15-10(8-18-9)7-14-13(16)11-5-3-4-6-12(11)17-2/h3-6,8H,7H2,1-2H3,(H,14,16). The van der Waals surface area contributed by atoms with E-state index in [4.69, 9.17) is 9.15 Å². The molecule has 0 saturated heterocycles. The molecule has 0 atom stereocenters. The Labute approximate surface area is 105 Å². The fourth-order valence-corrected chi connectivity index (χ4v) is 1.59. The third-order valence-corrected chi connectivity index (χ3v) is 2.45. The highest BCUT2D eigenvalue weighted by molar-refractivity contribution is 5.96. The lowest BCUT2D eigenvalue weighted by Gasteiger charge is -2.07. The highest BCUT2D eigenvalue weighted by Gasteiger charge is 2.11. The minimum atomic E-state index is -0.201. The maximum atomic E-state index is 12.0. The van der Waals surface area contributed by atoms with Gasteiger partial charge in [-0.05, 0) is 12.1 Å². The zero-order chi connectivity index (χ0) is 13.0. The van der Waals surface area contributed by atoms with Gasteiger partial charge in [-0.2, -0.15) is 0 Å². The Hall–Kier alpha value is -2.30. The molecule has 1 aromatic heterocycles. The zero-order valence-electron chi connectivity index (χ0n) is 10.3. The number of amides is 1. The van der Waals surface area contributed by atoms with E-state index >= 15 is 0 Å². The topological polar surface area (TPSA) is 64.4 Å². The number of oxazole rings is 1. The van der Waals surface area contributed by atoms with E-state index < -0.39 is 0 Å². The van der Waals surface area contributed by atoms with Crippen molar-refractivity contribution in [2.45, 2.75) is 13.5 Å². The molecule has 0 aliphatic carbocycles. The van der Waals surface area contributed by atoms with Crippen molar-refractivity contribution in [3.63, 3.8) is 0 Å². The molecule has 5 nitrogen and oxygen atoms in total. The summed E-state index contributed by atoms with van der Waals surface area (Å²) in [7, 11) is 1.53. The second kappa shape index (κ2) is 5.35. The third-order valence-electron chi connectivity index (χ3n) is 2.45. The van der Waals surface area contributed by atoms with E-state index in [1.54, 1.807) is 25.1 Å². The Bertz CT molecular complexity index is 549. The number of aryl methyl sites for hydroxylation is 1. The third kappa shape index (κ3) is 2.68. The van der Waals surface area contributed by atoms with E-state index in [1.807, 2.05) is 6.07 Å². The molecule has 18 heavy (non-hydrogen) atoms. The molecule has 0 radical (unpaired) electrons. The number of carbonyl (C=O) groups is 1. The number of nitrogens with one attached hydrogen (secondary N) is 1. The Morgan fingerprint density at radius 2 is 2.22 bits per heavy atom. The highest BCUT2D eigenvalue weighted by Crippen LogP contribution is 2.16. The molecule has 0 unspecified atom stereocenters. The fraction of sp³-hybridized carbons (Fsp3) is 0.231. The van der Waals surface area contributed by atoms with Crippen LogP contribution in [0.3, 0.4) is 0 Å². The van der Waals surface area contributed by atoms with Crippen molar-refractivity contribution < 1.29 is 13.9 Å². The van der Waals surface area contributed by atoms with Crippen LogP contribution >= 0.6 is 0 Å². The Balaban J connectivity index is 2.03. The van der Waals surface area contributed by atoms with Crippen LogP contribution in [-0.4, -0.2) is 18.0 Å². The number of hydrogen-bond donors (Lipinski definition) is 1. The minimum Gasteiger partial charge on any atom is -0.496 e. The molecule has 1 amide bonds. The summed E-state index contributed by atoms with van der Waals surface area (Å²) in [4.78, 5) is 16.1. The average molecular weight is 246 g/mol. The van der Waals surface area contributed by atoms with E-state index in [1.165, 1.54) is 13.4 Å². The molecule has 0 fully saturated rings. The first-order chi connectivity index (χ1) is 8.70. The molecule has 0 saturated carbocycles. The van der Waals surface area contributed by atoms with Gasteiger partial charge < -0.3 is 14.5 Å². The predicted molar refractivity (Wildman–Crippen MR) is 65.4 cm³/mol. The van der Waals surface area contributed by atoms with Gasteiger partial charge in [0.2, 0.25) is 0 Å². The van der Waals surface area contributed by atoms with Crippen molar-refractivity contribution >= 4 is 5.91 Å². The van der Waals surface area contributed by atoms with Crippen molar-refractivity contribution in [3.8, 4) is 5.75 Å². The lowest BCUT2D eigenvalue weighted by atomic mass is 10.2. The minimum absolute atomic E-state index is 0.201. The summed E-state index contributed by atoms with van der Waals surface area (Å²) >= 11 is 0. The predicted octanol–water partition coefficient (Wildman–Crippen LogP) is 1.92. The van der Waals surface area contributed by atoms with E-state index in [2.05, 4.69) is 10.3 Å². The lowest BCUT2D eigenvalue weighted by Crippen LogP contribution is -2.23. The number of para-hydroxylation sites is 1. The lowest BCUT2D eigenvalue weighted by molar-refractivity contribution is 0.0947. The number of benzene rings is 1. The van der Waals surface area contributed by atoms with Crippen LogP contribution in [0.25, 0.3) is 0 Å². The Morgan fingerprint density at radius 1 is 1.44 bits per heavy atom. The van der Waals surface area contributed by atoms with Crippen LogP contribution in [0.5, 0.6) is 5.75 Å². The molecule has 0 aliphatic rings. The Kier molecular flexibility index (Phi) is 3.62. The second-order valence-corrected chi connectivity index (χ2v) is 3.74. The summed E-state index contributed by atoms with van der Waals surface area (Å²) in [6.07, 6.45) is 1.53. The molecule has 5 heteroatoms. The van der Waals surface area contributed by atoms with Crippen LogP contribution < -0.4 is 10.1 Å². The summed E-state index contributed by atoms with van der Waals surface area (Å²) in [5, 5.41) is 2.76. The van der Waals surface area contributed by atoms with Gasteiger partial charge in [0.1, 0.15) is 12.0 Å². The van der Waals surface area contributed by atoms with Gasteiger partial charge in [0.05, 0.1) is 24.9 Å². The van der Waals surface area contributed by atoms with Crippen molar-refractivity contribution in [2.75, 3.05) is 7.11 Å². The van der Waals surface area contributed by atoms with E-state index in [-0.39, 0.29) is 5.91 Å². The van der Waals surface area contributed by atoms with Gasteiger partial charge in [-0.15, -0.1) is 0 Å². The van der Waals surface area contributed by atoms with Gasteiger partial charge in [0, 0.05) is 6.92 Å². The number of ether oxygens (including phenoxy) is 1. The van der Waals surface area contributed by atoms with Crippen molar-refractivity contribution in [2.24, 2.45) is 0 Å². The van der Waals surface area contributed by atoms with Gasteiger partial charge >= 0.3 is 0 Å². The summed E-state index contributed by atoms with van der Waals surface area (Å²) in [5.41, 5.74) is 1.19. The van der Waals surface area contributed by atoms with Crippen molar-refractivity contribution in [3.05, 3.63) is 47.7 Å². The van der Waals surface area contributed by atoms with Crippen LogP contribution in [0.1, 0.15) is 21.9 Å². The smallest absolute Gasteiger partial charge is 0.255 e. The van der Waals surface area contributed by atoms with Gasteiger partial charge in [-0.1, -0.05) is 12.1 Å². The van der Waals surface area contributed by atoms with Crippen LogP contribution in [0, 0.1) is 6.92 Å². The number of nitrogens with zero attached hydrogens (tertiary/aromatic N) is 1. The summed E-state index contributed by atoms with van der Waals surface area (Å²) < 4.78 is 10.2. The quantitative estimate of drug-likeness (QED) is 0.895. The number of rotatable bonds is 4. The van der Waals surface area contributed by atoms with Crippen LogP contribution in [-0.2, 0) is 6.54 Å². The van der Waals surface area contributed by atoms with Gasteiger partial charge in [-0.3, -0.25) is 4.79 Å². The zero-order valence-corrected chi connectivity index (χ0v) is 10.3. The number of hydrogen-bond acceptors (Lipinski definition) is 4. The van der Waals surface area contributed by atoms with Crippen molar-refractivity contribution in [1.82, 2.24) is 10.3 Å². The molecule has 0 aliphatic heterocycles. The Morgan fingerprint density at radius 3 is 2.89 bits per heavy atom. The fourth-order valence-electron chi connectivity index (χ4n) is 1.59. The largest absolute Gasteiger partial charge is 0.496 e. The van der Waals surface area contributed by atoms with Gasteiger partial charge in [-0.25, -0.2) is 4.98 Å². The first kappa shape index (κ1) is 12.2. The summed E-state index contributed by atoms with van der Waals surface area (Å²) in [6.45, 7) is 2.08. The normalized spacial score (nSPS) is 10.1. The molecule has 0 bridgehead atoms. The van der Waals surface area contributed by atoms with Crippen LogP contribution in [0.2, 0.25) is 0 Å². The second-order valence-electron chi connectivity index (χ2n) is 3.74. The molecule has 2 aromatic rings. The average Bonchev–Trinajstić information content (AvgIpc) is 2.81. The summed E-state index contributed by atoms with van der Waals surface area (Å²) in [6, 6.07) is 7.06.